The van der Waals surface area contributed by atoms with Crippen LogP contribution in [0.5, 0.6) is 0 Å². The minimum absolute atomic E-state index is 0.640. The highest BCUT2D eigenvalue weighted by Crippen LogP contribution is 2.20. The van der Waals surface area contributed by atoms with Gasteiger partial charge in [-0.25, -0.2) is 0 Å². The molecule has 0 unspecified atom stereocenters. The molecule has 1 aromatic heterocycles. The Balaban J connectivity index is 1.77. The summed E-state index contributed by atoms with van der Waals surface area (Å²) < 4.78 is 2.05. The molecule has 1 aromatic rings. The number of rotatable bonds is 7. The SMILES string of the molecule is CCN(CC)CCn1cc(NC2CCSCC2)cn1. The summed E-state index contributed by atoms with van der Waals surface area (Å²) in [5.41, 5.74) is 1.18. The molecular formula is C14H26N4S. The van der Waals surface area contributed by atoms with E-state index < -0.39 is 0 Å². The molecule has 0 aliphatic carbocycles. The summed E-state index contributed by atoms with van der Waals surface area (Å²) in [5, 5.41) is 8.05. The van der Waals surface area contributed by atoms with Crippen molar-refractivity contribution in [3.05, 3.63) is 12.4 Å². The fraction of sp³-hybridized carbons (Fsp3) is 0.786. The van der Waals surface area contributed by atoms with E-state index in [9.17, 15) is 0 Å². The smallest absolute Gasteiger partial charge is 0.0728 e. The first kappa shape index (κ1) is 14.7. The average molecular weight is 282 g/mol. The van der Waals surface area contributed by atoms with Crippen LogP contribution < -0.4 is 5.32 Å². The van der Waals surface area contributed by atoms with Crippen molar-refractivity contribution in [2.45, 2.75) is 39.3 Å². The van der Waals surface area contributed by atoms with Crippen LogP contribution in [-0.2, 0) is 6.54 Å². The minimum Gasteiger partial charge on any atom is -0.380 e. The first-order valence-corrected chi connectivity index (χ1v) is 8.56. The van der Waals surface area contributed by atoms with E-state index in [1.165, 1.54) is 30.0 Å². The van der Waals surface area contributed by atoms with E-state index in [2.05, 4.69) is 51.8 Å². The van der Waals surface area contributed by atoms with Crippen LogP contribution in [0.3, 0.4) is 0 Å². The van der Waals surface area contributed by atoms with E-state index in [1.54, 1.807) is 0 Å². The van der Waals surface area contributed by atoms with E-state index in [-0.39, 0.29) is 0 Å². The standard InChI is InChI=1S/C14H26N4S/c1-3-17(4-2)7-8-18-12-14(11-15-18)16-13-5-9-19-10-6-13/h11-13,16H,3-10H2,1-2H3. The number of nitrogens with one attached hydrogen (secondary N) is 1. The van der Waals surface area contributed by atoms with Crippen LogP contribution >= 0.6 is 11.8 Å². The molecule has 0 spiro atoms. The van der Waals surface area contributed by atoms with Gasteiger partial charge in [-0.1, -0.05) is 13.8 Å². The summed E-state index contributed by atoms with van der Waals surface area (Å²) >= 11 is 2.06. The van der Waals surface area contributed by atoms with Gasteiger partial charge in [0.15, 0.2) is 0 Å². The Bertz CT molecular complexity index is 356. The predicted octanol–water partition coefficient (Wildman–Crippen LogP) is 2.53. The van der Waals surface area contributed by atoms with Crippen LogP contribution in [0.4, 0.5) is 5.69 Å². The van der Waals surface area contributed by atoms with E-state index in [0.717, 1.165) is 26.2 Å². The third kappa shape index (κ3) is 4.73. The van der Waals surface area contributed by atoms with Crippen molar-refractivity contribution in [1.29, 1.82) is 0 Å². The maximum Gasteiger partial charge on any atom is 0.0728 e. The largest absolute Gasteiger partial charge is 0.380 e. The van der Waals surface area contributed by atoms with Gasteiger partial charge >= 0.3 is 0 Å². The summed E-state index contributed by atoms with van der Waals surface area (Å²) in [5.74, 6) is 2.57. The first-order valence-electron chi connectivity index (χ1n) is 7.41. The Labute approximate surface area is 120 Å². The van der Waals surface area contributed by atoms with Gasteiger partial charge in [-0.05, 0) is 37.4 Å². The second kappa shape index (κ2) is 7.80. The van der Waals surface area contributed by atoms with Crippen molar-refractivity contribution in [1.82, 2.24) is 14.7 Å². The lowest BCUT2D eigenvalue weighted by Crippen LogP contribution is -2.27. The molecule has 19 heavy (non-hydrogen) atoms. The van der Waals surface area contributed by atoms with Gasteiger partial charge in [-0.2, -0.15) is 16.9 Å². The molecular weight excluding hydrogens is 256 g/mol. The lowest BCUT2D eigenvalue weighted by atomic mass is 10.1. The van der Waals surface area contributed by atoms with Crippen LogP contribution in [0.15, 0.2) is 12.4 Å². The number of likely N-dealkylation sites (N-methyl/N-ethyl adjacent to an activating group) is 1. The minimum atomic E-state index is 0.640. The molecule has 0 bridgehead atoms. The van der Waals surface area contributed by atoms with Gasteiger partial charge in [-0.3, -0.25) is 4.68 Å². The van der Waals surface area contributed by atoms with Crippen LogP contribution in [0, 0.1) is 0 Å². The predicted molar refractivity (Wildman–Crippen MR) is 84.0 cm³/mol. The monoisotopic (exact) mass is 282 g/mol. The van der Waals surface area contributed by atoms with Gasteiger partial charge in [-0.15, -0.1) is 0 Å². The summed E-state index contributed by atoms with van der Waals surface area (Å²) in [4.78, 5) is 2.42. The maximum absolute atomic E-state index is 4.44. The molecule has 0 radical (unpaired) electrons. The van der Waals surface area contributed by atoms with Gasteiger partial charge in [0.25, 0.3) is 0 Å². The number of thioether (sulfide) groups is 1. The molecule has 1 N–H and O–H groups in total. The fourth-order valence-corrected chi connectivity index (χ4v) is 3.53. The summed E-state index contributed by atoms with van der Waals surface area (Å²) in [6.45, 7) is 8.70. The lowest BCUT2D eigenvalue weighted by molar-refractivity contribution is 0.285. The number of hydrogen-bond acceptors (Lipinski definition) is 4. The first-order chi connectivity index (χ1) is 9.31. The van der Waals surface area contributed by atoms with Crippen LogP contribution in [0.2, 0.25) is 0 Å². The molecule has 0 amide bonds. The number of anilines is 1. The number of hydrogen-bond donors (Lipinski definition) is 1. The van der Waals surface area contributed by atoms with Gasteiger partial charge in [0.1, 0.15) is 0 Å². The molecule has 1 saturated heterocycles. The summed E-state index contributed by atoms with van der Waals surface area (Å²) in [7, 11) is 0. The van der Waals surface area contributed by atoms with Crippen LogP contribution in [0.1, 0.15) is 26.7 Å². The molecule has 1 fully saturated rings. The van der Waals surface area contributed by atoms with Gasteiger partial charge < -0.3 is 10.2 Å². The second-order valence-corrected chi connectivity index (χ2v) is 6.27. The third-order valence-corrected chi connectivity index (χ3v) is 4.81. The molecule has 0 aromatic carbocycles. The number of nitrogens with zero attached hydrogens (tertiary/aromatic N) is 3. The van der Waals surface area contributed by atoms with Gasteiger partial charge in [0.2, 0.25) is 0 Å². The average Bonchev–Trinajstić information content (AvgIpc) is 2.89. The Hall–Kier alpha value is -0.680. The third-order valence-electron chi connectivity index (χ3n) is 3.77. The van der Waals surface area contributed by atoms with E-state index >= 15 is 0 Å². The Morgan fingerprint density at radius 1 is 1.37 bits per heavy atom. The molecule has 2 heterocycles. The zero-order chi connectivity index (χ0) is 13.5. The molecule has 5 heteroatoms. The summed E-state index contributed by atoms with van der Waals surface area (Å²) in [6, 6.07) is 0.640. The maximum atomic E-state index is 4.44. The van der Waals surface area contributed by atoms with E-state index in [1.807, 2.05) is 6.20 Å². The van der Waals surface area contributed by atoms with Crippen LogP contribution in [0.25, 0.3) is 0 Å². The van der Waals surface area contributed by atoms with Crippen molar-refractivity contribution in [2.24, 2.45) is 0 Å². The van der Waals surface area contributed by atoms with Crippen molar-refractivity contribution in [2.75, 3.05) is 36.5 Å². The molecule has 1 aliphatic rings. The topological polar surface area (TPSA) is 33.1 Å². The quantitative estimate of drug-likeness (QED) is 0.833. The lowest BCUT2D eigenvalue weighted by Gasteiger charge is -2.22. The number of aromatic nitrogens is 2. The molecule has 108 valence electrons. The highest BCUT2D eigenvalue weighted by Gasteiger charge is 2.13. The zero-order valence-electron chi connectivity index (χ0n) is 12.1. The second-order valence-electron chi connectivity index (χ2n) is 5.05. The normalized spacial score (nSPS) is 17.0. The van der Waals surface area contributed by atoms with Crippen molar-refractivity contribution >= 4 is 17.4 Å². The van der Waals surface area contributed by atoms with Crippen molar-refractivity contribution < 1.29 is 0 Å². The molecule has 2 rings (SSSR count). The molecule has 0 saturated carbocycles. The van der Waals surface area contributed by atoms with Crippen LogP contribution in [-0.4, -0.2) is 51.9 Å². The zero-order valence-corrected chi connectivity index (χ0v) is 13.0. The fourth-order valence-electron chi connectivity index (χ4n) is 2.42. The molecule has 0 atom stereocenters. The van der Waals surface area contributed by atoms with Crippen molar-refractivity contribution in [3.8, 4) is 0 Å². The Morgan fingerprint density at radius 3 is 2.79 bits per heavy atom. The molecule has 1 aliphatic heterocycles. The highest BCUT2D eigenvalue weighted by atomic mass is 32.2. The highest BCUT2D eigenvalue weighted by molar-refractivity contribution is 7.99. The Morgan fingerprint density at radius 2 is 2.11 bits per heavy atom. The van der Waals surface area contributed by atoms with E-state index in [0.29, 0.717) is 6.04 Å². The van der Waals surface area contributed by atoms with Gasteiger partial charge in [0.05, 0.1) is 18.4 Å². The van der Waals surface area contributed by atoms with Gasteiger partial charge in [0, 0.05) is 18.8 Å². The molecule has 4 nitrogen and oxygen atoms in total. The van der Waals surface area contributed by atoms with E-state index in [4.69, 9.17) is 0 Å². The van der Waals surface area contributed by atoms with Crippen molar-refractivity contribution in [3.63, 3.8) is 0 Å². The Kier molecular flexibility index (Phi) is 6.04. The summed E-state index contributed by atoms with van der Waals surface area (Å²) in [6.07, 6.45) is 6.65.